The van der Waals surface area contributed by atoms with Crippen LogP contribution in [-0.4, -0.2) is 54.4 Å². The Kier molecular flexibility index (Phi) is 5.99. The summed E-state index contributed by atoms with van der Waals surface area (Å²) < 4.78 is 5.55. The Morgan fingerprint density at radius 1 is 1.43 bits per heavy atom. The molecule has 1 heterocycles. The van der Waals surface area contributed by atoms with E-state index in [-0.39, 0.29) is 24.7 Å². The highest BCUT2D eigenvalue weighted by Crippen LogP contribution is 2.11. The van der Waals surface area contributed by atoms with Gasteiger partial charge in [0.05, 0.1) is 25.4 Å². The quantitative estimate of drug-likeness (QED) is 0.853. The third-order valence-electron chi connectivity index (χ3n) is 3.38. The normalized spacial score (nSPS) is 23.0. The molecule has 2 atom stereocenters. The summed E-state index contributed by atoms with van der Waals surface area (Å²) in [7, 11) is 0. The second kappa shape index (κ2) is 7.75. The number of hydrogen-bond acceptors (Lipinski definition) is 4. The molecule has 0 aromatic heterocycles. The molecule has 0 saturated carbocycles. The number of hydrogen-bond donors (Lipinski definition) is 2. The maximum Gasteiger partial charge on any atom is 0.234 e. The van der Waals surface area contributed by atoms with Gasteiger partial charge in [-0.05, 0) is 24.6 Å². The topological polar surface area (TPSA) is 61.8 Å². The minimum Gasteiger partial charge on any atom is -0.394 e. The van der Waals surface area contributed by atoms with Gasteiger partial charge in [0, 0.05) is 24.7 Å². The fourth-order valence-corrected chi connectivity index (χ4v) is 2.56. The van der Waals surface area contributed by atoms with Crippen molar-refractivity contribution in [1.82, 2.24) is 10.2 Å². The number of nitrogens with one attached hydrogen (secondary N) is 1. The highest BCUT2D eigenvalue weighted by molar-refractivity contribution is 6.30. The minimum atomic E-state index is -0.210. The van der Waals surface area contributed by atoms with Gasteiger partial charge in [-0.1, -0.05) is 23.7 Å². The molecule has 2 unspecified atom stereocenters. The predicted octanol–water partition coefficient (Wildman–Crippen LogP) is 1.04. The molecule has 0 radical (unpaired) electrons. The fraction of sp³-hybridized carbons (Fsp3) is 0.533. The van der Waals surface area contributed by atoms with Gasteiger partial charge in [-0.25, -0.2) is 0 Å². The second-order valence-electron chi connectivity index (χ2n) is 5.35. The van der Waals surface area contributed by atoms with Gasteiger partial charge in [0.2, 0.25) is 5.91 Å². The van der Waals surface area contributed by atoms with Crippen LogP contribution in [-0.2, 0) is 16.1 Å². The first kappa shape index (κ1) is 16.2. The fourth-order valence-electron chi connectivity index (χ4n) is 2.43. The van der Waals surface area contributed by atoms with E-state index >= 15 is 0 Å². The molecule has 6 heteroatoms. The van der Waals surface area contributed by atoms with Gasteiger partial charge in [-0.2, -0.15) is 0 Å². The summed E-state index contributed by atoms with van der Waals surface area (Å²) >= 11 is 5.82. The Morgan fingerprint density at radius 3 is 2.81 bits per heavy atom. The SMILES string of the molecule is CC1CN(CC(=O)NCc2ccc(Cl)cc2)CC(CO)O1. The Labute approximate surface area is 129 Å². The summed E-state index contributed by atoms with van der Waals surface area (Å²) in [5.74, 6) is -0.0317. The van der Waals surface area contributed by atoms with E-state index in [9.17, 15) is 9.90 Å². The average Bonchev–Trinajstić information content (AvgIpc) is 2.46. The molecular formula is C15H21ClN2O3. The second-order valence-corrected chi connectivity index (χ2v) is 5.78. The Balaban J connectivity index is 1.77. The van der Waals surface area contributed by atoms with Crippen LogP contribution in [0.3, 0.4) is 0 Å². The van der Waals surface area contributed by atoms with Crippen LogP contribution in [0.2, 0.25) is 5.02 Å². The van der Waals surface area contributed by atoms with Gasteiger partial charge in [0.1, 0.15) is 0 Å². The summed E-state index contributed by atoms with van der Waals surface area (Å²) in [5.41, 5.74) is 1.01. The maximum absolute atomic E-state index is 12.0. The summed E-state index contributed by atoms with van der Waals surface area (Å²) in [6.07, 6.45) is -0.183. The number of carbonyl (C=O) groups is 1. The zero-order chi connectivity index (χ0) is 15.2. The van der Waals surface area contributed by atoms with Crippen molar-refractivity contribution in [3.05, 3.63) is 34.9 Å². The summed E-state index contributed by atoms with van der Waals surface area (Å²) in [6, 6.07) is 7.39. The predicted molar refractivity (Wildman–Crippen MR) is 81.2 cm³/mol. The van der Waals surface area contributed by atoms with E-state index in [0.29, 0.717) is 31.2 Å². The van der Waals surface area contributed by atoms with Gasteiger partial charge >= 0.3 is 0 Å². The number of carbonyl (C=O) groups excluding carboxylic acids is 1. The smallest absolute Gasteiger partial charge is 0.234 e. The van der Waals surface area contributed by atoms with Crippen molar-refractivity contribution in [2.75, 3.05) is 26.2 Å². The van der Waals surface area contributed by atoms with Crippen molar-refractivity contribution in [2.45, 2.75) is 25.7 Å². The zero-order valence-electron chi connectivity index (χ0n) is 12.1. The number of aliphatic hydroxyl groups is 1. The first-order valence-electron chi connectivity index (χ1n) is 7.06. The van der Waals surface area contributed by atoms with Crippen molar-refractivity contribution < 1.29 is 14.6 Å². The van der Waals surface area contributed by atoms with E-state index in [4.69, 9.17) is 16.3 Å². The number of nitrogens with zero attached hydrogens (tertiary/aromatic N) is 1. The molecule has 0 aliphatic carbocycles. The van der Waals surface area contributed by atoms with Crippen molar-refractivity contribution in [1.29, 1.82) is 0 Å². The number of morpholine rings is 1. The number of halogens is 1. The summed E-state index contributed by atoms with van der Waals surface area (Å²) in [6.45, 7) is 4.00. The van der Waals surface area contributed by atoms with E-state index < -0.39 is 0 Å². The van der Waals surface area contributed by atoms with E-state index in [0.717, 1.165) is 5.56 Å². The van der Waals surface area contributed by atoms with Gasteiger partial charge in [-0.15, -0.1) is 0 Å². The highest BCUT2D eigenvalue weighted by atomic mass is 35.5. The molecule has 5 nitrogen and oxygen atoms in total. The number of benzene rings is 1. The van der Waals surface area contributed by atoms with E-state index in [2.05, 4.69) is 5.32 Å². The Morgan fingerprint density at radius 2 is 2.14 bits per heavy atom. The Bertz CT molecular complexity index is 466. The standard InChI is InChI=1S/C15H21ClN2O3/c1-11-7-18(8-14(10-19)21-11)9-15(20)17-6-12-2-4-13(16)5-3-12/h2-5,11,14,19H,6-10H2,1H3,(H,17,20). The van der Waals surface area contributed by atoms with Crippen LogP contribution in [0.25, 0.3) is 0 Å². The molecule has 2 N–H and O–H groups in total. The highest BCUT2D eigenvalue weighted by Gasteiger charge is 2.25. The lowest BCUT2D eigenvalue weighted by Crippen LogP contribution is -2.50. The average molecular weight is 313 g/mol. The van der Waals surface area contributed by atoms with Crippen LogP contribution in [0.4, 0.5) is 0 Å². The molecule has 116 valence electrons. The minimum absolute atomic E-state index is 0.0206. The summed E-state index contributed by atoms with van der Waals surface area (Å²) in [5, 5.41) is 12.7. The molecule has 1 fully saturated rings. The molecule has 1 aliphatic rings. The van der Waals surface area contributed by atoms with Gasteiger partial charge in [0.15, 0.2) is 0 Å². The monoisotopic (exact) mass is 312 g/mol. The molecule has 1 saturated heterocycles. The molecule has 0 spiro atoms. The molecule has 0 bridgehead atoms. The largest absolute Gasteiger partial charge is 0.394 e. The number of ether oxygens (including phenoxy) is 1. The van der Waals surface area contributed by atoms with E-state index in [1.54, 1.807) is 12.1 Å². The van der Waals surface area contributed by atoms with Crippen LogP contribution in [0.5, 0.6) is 0 Å². The van der Waals surface area contributed by atoms with Gasteiger partial charge in [0.25, 0.3) is 0 Å². The lowest BCUT2D eigenvalue weighted by Gasteiger charge is -2.35. The molecular weight excluding hydrogens is 292 g/mol. The number of aliphatic hydroxyl groups excluding tert-OH is 1. The first-order chi connectivity index (χ1) is 10.1. The molecule has 1 aliphatic heterocycles. The van der Waals surface area contributed by atoms with Gasteiger partial charge in [-0.3, -0.25) is 9.69 Å². The van der Waals surface area contributed by atoms with Crippen molar-refractivity contribution >= 4 is 17.5 Å². The van der Waals surface area contributed by atoms with Crippen LogP contribution >= 0.6 is 11.6 Å². The third kappa shape index (κ3) is 5.28. The van der Waals surface area contributed by atoms with Crippen LogP contribution < -0.4 is 5.32 Å². The number of rotatable bonds is 5. The van der Waals surface area contributed by atoms with Crippen molar-refractivity contribution in [3.63, 3.8) is 0 Å². The lowest BCUT2D eigenvalue weighted by atomic mass is 10.2. The lowest BCUT2D eigenvalue weighted by molar-refractivity contribution is -0.128. The van der Waals surface area contributed by atoms with E-state index in [1.165, 1.54) is 0 Å². The van der Waals surface area contributed by atoms with Gasteiger partial charge < -0.3 is 15.2 Å². The molecule has 21 heavy (non-hydrogen) atoms. The molecule has 1 aromatic carbocycles. The van der Waals surface area contributed by atoms with Crippen LogP contribution in [0.15, 0.2) is 24.3 Å². The van der Waals surface area contributed by atoms with Crippen molar-refractivity contribution in [3.8, 4) is 0 Å². The van der Waals surface area contributed by atoms with Crippen LogP contribution in [0, 0.1) is 0 Å². The maximum atomic E-state index is 12.0. The zero-order valence-corrected chi connectivity index (χ0v) is 12.8. The third-order valence-corrected chi connectivity index (χ3v) is 3.63. The summed E-state index contributed by atoms with van der Waals surface area (Å²) in [4.78, 5) is 14.0. The number of amides is 1. The Hall–Kier alpha value is -1.14. The molecule has 1 aromatic rings. The molecule has 1 amide bonds. The first-order valence-corrected chi connectivity index (χ1v) is 7.44. The van der Waals surface area contributed by atoms with Crippen molar-refractivity contribution in [2.24, 2.45) is 0 Å². The molecule has 2 rings (SSSR count). The van der Waals surface area contributed by atoms with Crippen LogP contribution in [0.1, 0.15) is 12.5 Å². The van der Waals surface area contributed by atoms with E-state index in [1.807, 2.05) is 24.0 Å².